The highest BCUT2D eigenvalue weighted by molar-refractivity contribution is 7.16. The third kappa shape index (κ3) is 4.11. The summed E-state index contributed by atoms with van der Waals surface area (Å²) >= 11 is 1.25. The molecule has 6 nitrogen and oxygen atoms in total. The average Bonchev–Trinajstić information content (AvgIpc) is 2.97. The first-order valence-electron chi connectivity index (χ1n) is 7.90. The monoisotopic (exact) mass is 332 g/mol. The maximum absolute atomic E-state index is 12.3. The molecule has 0 spiro atoms. The van der Waals surface area contributed by atoms with Gasteiger partial charge in [0.2, 0.25) is 0 Å². The number of rotatable bonds is 4. The van der Waals surface area contributed by atoms with E-state index in [0.29, 0.717) is 22.3 Å². The minimum Gasteiger partial charge on any atom is -0.388 e. The Morgan fingerprint density at radius 1 is 1.17 bits per heavy atom. The molecule has 0 saturated heterocycles. The van der Waals surface area contributed by atoms with Gasteiger partial charge in [0, 0.05) is 18.9 Å². The molecule has 1 fully saturated rings. The first-order chi connectivity index (χ1) is 11.2. The van der Waals surface area contributed by atoms with Crippen LogP contribution in [0.3, 0.4) is 0 Å². The molecule has 1 aliphatic rings. The van der Waals surface area contributed by atoms with Crippen LogP contribution in [0.5, 0.6) is 0 Å². The van der Waals surface area contributed by atoms with Crippen molar-refractivity contribution < 1.29 is 9.90 Å². The molecule has 2 heterocycles. The van der Waals surface area contributed by atoms with E-state index < -0.39 is 5.60 Å². The number of hydrogen-bond donors (Lipinski definition) is 2. The van der Waals surface area contributed by atoms with Gasteiger partial charge in [-0.25, -0.2) is 15.0 Å². The maximum atomic E-state index is 12.3. The summed E-state index contributed by atoms with van der Waals surface area (Å²) in [5.41, 5.74) is -0.776. The van der Waals surface area contributed by atoms with Crippen LogP contribution in [-0.4, -0.2) is 38.1 Å². The summed E-state index contributed by atoms with van der Waals surface area (Å²) in [7, 11) is 0. The third-order valence-electron chi connectivity index (χ3n) is 4.10. The summed E-state index contributed by atoms with van der Waals surface area (Å²) in [5.74, 6) is 0.307. The van der Waals surface area contributed by atoms with Gasteiger partial charge in [-0.05, 0) is 18.9 Å². The normalized spacial score (nSPS) is 17.4. The van der Waals surface area contributed by atoms with E-state index in [-0.39, 0.29) is 5.91 Å². The van der Waals surface area contributed by atoms with Gasteiger partial charge in [-0.3, -0.25) is 4.79 Å². The van der Waals surface area contributed by atoms with Gasteiger partial charge in [0.1, 0.15) is 4.88 Å². The Hall–Kier alpha value is -1.86. The topological polar surface area (TPSA) is 88.0 Å². The highest BCUT2D eigenvalue weighted by Crippen LogP contribution is 2.27. The van der Waals surface area contributed by atoms with Crippen molar-refractivity contribution >= 4 is 17.2 Å². The molecule has 0 radical (unpaired) electrons. The summed E-state index contributed by atoms with van der Waals surface area (Å²) < 4.78 is 0. The number of carbonyl (C=O) groups is 1. The van der Waals surface area contributed by atoms with Gasteiger partial charge in [-0.1, -0.05) is 25.7 Å². The molecule has 1 aliphatic carbocycles. The van der Waals surface area contributed by atoms with Gasteiger partial charge in [-0.15, -0.1) is 11.3 Å². The Morgan fingerprint density at radius 3 is 2.57 bits per heavy atom. The highest BCUT2D eigenvalue weighted by Gasteiger charge is 2.28. The second-order valence-corrected chi connectivity index (χ2v) is 6.95. The summed E-state index contributed by atoms with van der Waals surface area (Å²) in [5, 5.41) is 14.0. The summed E-state index contributed by atoms with van der Waals surface area (Å²) in [6.07, 6.45) is 10.7. The van der Waals surface area contributed by atoms with Crippen LogP contribution >= 0.6 is 11.3 Å². The summed E-state index contributed by atoms with van der Waals surface area (Å²) in [6, 6.07) is 1.73. The molecule has 3 rings (SSSR count). The van der Waals surface area contributed by atoms with Gasteiger partial charge >= 0.3 is 0 Å². The number of nitrogens with zero attached hydrogens (tertiary/aromatic N) is 3. The fourth-order valence-corrected chi connectivity index (χ4v) is 3.57. The number of nitrogens with one attached hydrogen (secondary N) is 1. The standard InChI is InChI=1S/C16H20N4O2S/c21-14(20-11-16(22)6-3-1-2-4-7-16)12-10-19-15(23-12)13-17-8-5-9-18-13/h5,8-10,22H,1-4,6-7,11H2,(H,20,21). The van der Waals surface area contributed by atoms with E-state index in [2.05, 4.69) is 20.3 Å². The molecule has 0 bridgehead atoms. The van der Waals surface area contributed by atoms with E-state index in [1.165, 1.54) is 17.5 Å². The fourth-order valence-electron chi connectivity index (χ4n) is 2.79. The summed E-state index contributed by atoms with van der Waals surface area (Å²) in [6.45, 7) is 0.293. The minimum absolute atomic E-state index is 0.206. The lowest BCUT2D eigenvalue weighted by molar-refractivity contribution is 0.0247. The Kier molecular flexibility index (Phi) is 4.97. The van der Waals surface area contributed by atoms with E-state index in [1.54, 1.807) is 18.5 Å². The van der Waals surface area contributed by atoms with Crippen LogP contribution in [0.15, 0.2) is 24.7 Å². The lowest BCUT2D eigenvalue weighted by Gasteiger charge is -2.26. The van der Waals surface area contributed by atoms with Crippen molar-refractivity contribution in [2.45, 2.75) is 44.1 Å². The van der Waals surface area contributed by atoms with Crippen LogP contribution < -0.4 is 5.32 Å². The predicted octanol–water partition coefficient (Wildman–Crippen LogP) is 2.42. The van der Waals surface area contributed by atoms with E-state index in [1.807, 2.05) is 0 Å². The molecule has 23 heavy (non-hydrogen) atoms. The molecule has 0 unspecified atom stereocenters. The van der Waals surface area contributed by atoms with Crippen LogP contribution in [0.4, 0.5) is 0 Å². The van der Waals surface area contributed by atoms with Crippen molar-refractivity contribution in [1.82, 2.24) is 20.3 Å². The summed E-state index contributed by atoms with van der Waals surface area (Å²) in [4.78, 5) is 25.2. The number of aliphatic hydroxyl groups is 1. The van der Waals surface area contributed by atoms with Crippen molar-refractivity contribution in [3.8, 4) is 10.8 Å². The van der Waals surface area contributed by atoms with Crippen molar-refractivity contribution in [3.63, 3.8) is 0 Å². The predicted molar refractivity (Wildman–Crippen MR) is 88.1 cm³/mol. The molecule has 2 aromatic rings. The molecule has 1 saturated carbocycles. The molecule has 0 aromatic carbocycles. The van der Waals surface area contributed by atoms with Crippen LogP contribution in [0.1, 0.15) is 48.2 Å². The molecule has 1 amide bonds. The van der Waals surface area contributed by atoms with Gasteiger partial charge < -0.3 is 10.4 Å². The van der Waals surface area contributed by atoms with Crippen molar-refractivity contribution in [1.29, 1.82) is 0 Å². The molecule has 2 aromatic heterocycles. The second kappa shape index (κ2) is 7.14. The van der Waals surface area contributed by atoms with E-state index in [4.69, 9.17) is 0 Å². The zero-order valence-electron chi connectivity index (χ0n) is 12.9. The molecule has 2 N–H and O–H groups in total. The fraction of sp³-hybridized carbons (Fsp3) is 0.500. The Morgan fingerprint density at radius 2 is 1.87 bits per heavy atom. The van der Waals surface area contributed by atoms with Gasteiger partial charge in [0.25, 0.3) is 5.91 Å². The quantitative estimate of drug-likeness (QED) is 0.840. The molecule has 122 valence electrons. The van der Waals surface area contributed by atoms with Crippen LogP contribution in [-0.2, 0) is 0 Å². The number of aromatic nitrogens is 3. The number of hydrogen-bond acceptors (Lipinski definition) is 6. The molecular weight excluding hydrogens is 312 g/mol. The molecular formula is C16H20N4O2S. The van der Waals surface area contributed by atoms with Crippen molar-refractivity contribution in [2.24, 2.45) is 0 Å². The Bertz CT molecular complexity index is 651. The van der Waals surface area contributed by atoms with E-state index in [9.17, 15) is 9.90 Å². The van der Waals surface area contributed by atoms with Crippen LogP contribution in [0, 0.1) is 0 Å². The number of amides is 1. The maximum Gasteiger partial charge on any atom is 0.263 e. The van der Waals surface area contributed by atoms with E-state index in [0.717, 1.165) is 38.5 Å². The average molecular weight is 332 g/mol. The third-order valence-corrected chi connectivity index (χ3v) is 5.09. The van der Waals surface area contributed by atoms with Crippen molar-refractivity contribution in [3.05, 3.63) is 29.5 Å². The van der Waals surface area contributed by atoms with Crippen LogP contribution in [0.2, 0.25) is 0 Å². The highest BCUT2D eigenvalue weighted by atomic mass is 32.1. The zero-order chi connectivity index (χ0) is 16.1. The lowest BCUT2D eigenvalue weighted by atomic mass is 9.94. The number of carbonyl (C=O) groups excluding carboxylic acids is 1. The molecule has 0 atom stereocenters. The first kappa shape index (κ1) is 16.0. The van der Waals surface area contributed by atoms with Gasteiger partial charge in [0.05, 0.1) is 11.8 Å². The Labute approximate surface area is 139 Å². The van der Waals surface area contributed by atoms with Gasteiger partial charge in [0.15, 0.2) is 10.8 Å². The zero-order valence-corrected chi connectivity index (χ0v) is 13.7. The van der Waals surface area contributed by atoms with Gasteiger partial charge in [-0.2, -0.15) is 0 Å². The van der Waals surface area contributed by atoms with Crippen LogP contribution in [0.25, 0.3) is 10.8 Å². The first-order valence-corrected chi connectivity index (χ1v) is 8.72. The van der Waals surface area contributed by atoms with E-state index >= 15 is 0 Å². The SMILES string of the molecule is O=C(NCC1(O)CCCCCC1)c1cnc(-c2ncccn2)s1. The lowest BCUT2D eigenvalue weighted by Crippen LogP contribution is -2.42. The minimum atomic E-state index is -0.776. The number of thiazole rings is 1. The molecule has 0 aliphatic heterocycles. The van der Waals surface area contributed by atoms with Crippen molar-refractivity contribution in [2.75, 3.05) is 6.54 Å². The largest absolute Gasteiger partial charge is 0.388 e. The smallest absolute Gasteiger partial charge is 0.263 e. The Balaban J connectivity index is 1.61. The molecule has 7 heteroatoms. The second-order valence-electron chi connectivity index (χ2n) is 5.92.